The summed E-state index contributed by atoms with van der Waals surface area (Å²) < 4.78 is 7.77. The largest absolute Gasteiger partial charge is 0.350 e. The highest BCUT2D eigenvalue weighted by molar-refractivity contribution is 5.94. The quantitative estimate of drug-likeness (QED) is 0.790. The third kappa shape index (κ3) is 2.03. The smallest absolute Gasteiger partial charge is 0.231 e. The molecule has 0 spiro atoms. The van der Waals surface area contributed by atoms with Crippen molar-refractivity contribution in [2.75, 3.05) is 6.54 Å². The third-order valence-corrected chi connectivity index (χ3v) is 5.52. The lowest BCUT2D eigenvalue weighted by molar-refractivity contribution is 0.158. The Morgan fingerprint density at radius 1 is 1.26 bits per heavy atom. The third-order valence-electron chi connectivity index (χ3n) is 5.52. The van der Waals surface area contributed by atoms with Gasteiger partial charge < -0.3 is 14.4 Å². The van der Waals surface area contributed by atoms with E-state index in [1.165, 1.54) is 30.2 Å². The van der Waals surface area contributed by atoms with Crippen LogP contribution < -0.4 is 5.32 Å². The van der Waals surface area contributed by atoms with Gasteiger partial charge in [0, 0.05) is 35.8 Å². The molecule has 118 valence electrons. The Bertz CT molecular complexity index is 857. The standard InChI is InChI=1S/C18H20N4O/c1-22-10-14(12-4-2-3-5-16(12)22)17-20-18(23-21-17)13-8-11-6-7-15(13)19-9-11/h2-5,10-11,13,15,19H,6-9H2,1H3/t11?,13-,15+/m0/s1. The van der Waals surface area contributed by atoms with E-state index in [4.69, 9.17) is 9.51 Å². The van der Waals surface area contributed by atoms with Crippen LogP contribution in [0.1, 0.15) is 31.1 Å². The van der Waals surface area contributed by atoms with Crippen LogP contribution >= 0.6 is 0 Å². The number of aryl methyl sites for hydroxylation is 1. The van der Waals surface area contributed by atoms with Crippen LogP contribution in [0.2, 0.25) is 0 Å². The number of para-hydroxylation sites is 1. The maximum Gasteiger partial charge on any atom is 0.231 e. The van der Waals surface area contributed by atoms with Crippen molar-refractivity contribution in [3.8, 4) is 11.4 Å². The molecule has 1 aliphatic carbocycles. The minimum absolute atomic E-state index is 0.374. The normalized spacial score (nSPS) is 26.9. The van der Waals surface area contributed by atoms with Crippen LogP contribution in [0.15, 0.2) is 35.0 Å². The Hall–Kier alpha value is -2.14. The fourth-order valence-corrected chi connectivity index (χ4v) is 4.29. The molecule has 3 atom stereocenters. The molecule has 0 radical (unpaired) electrons. The molecule has 5 nitrogen and oxygen atoms in total. The van der Waals surface area contributed by atoms with Crippen molar-refractivity contribution in [2.24, 2.45) is 13.0 Å². The van der Waals surface area contributed by atoms with Crippen LogP contribution in [0.4, 0.5) is 0 Å². The van der Waals surface area contributed by atoms with Gasteiger partial charge in [0.15, 0.2) is 0 Å². The molecule has 3 aliphatic rings. The minimum atomic E-state index is 0.374. The summed E-state index contributed by atoms with van der Waals surface area (Å²) in [6.07, 6.45) is 5.82. The zero-order valence-corrected chi connectivity index (χ0v) is 13.2. The number of hydrogen-bond donors (Lipinski definition) is 1. The van der Waals surface area contributed by atoms with Crippen molar-refractivity contribution in [3.05, 3.63) is 36.4 Å². The van der Waals surface area contributed by atoms with Crippen molar-refractivity contribution < 1.29 is 4.52 Å². The molecule has 6 rings (SSSR count). The SMILES string of the molecule is Cn1cc(-c2noc([C@H]3CC4CC[C@H]3NC4)n2)c2ccccc21. The summed E-state index contributed by atoms with van der Waals surface area (Å²) in [5.41, 5.74) is 2.24. The van der Waals surface area contributed by atoms with Gasteiger partial charge in [-0.3, -0.25) is 0 Å². The lowest BCUT2D eigenvalue weighted by Gasteiger charge is -2.41. The summed E-state index contributed by atoms with van der Waals surface area (Å²) in [6.45, 7) is 1.14. The first-order valence-electron chi connectivity index (χ1n) is 8.41. The summed E-state index contributed by atoms with van der Waals surface area (Å²) in [7, 11) is 2.05. The second-order valence-electron chi connectivity index (χ2n) is 6.93. The maximum atomic E-state index is 5.66. The van der Waals surface area contributed by atoms with Crippen molar-refractivity contribution in [2.45, 2.75) is 31.2 Å². The number of benzene rings is 1. The number of piperidine rings is 2. The van der Waals surface area contributed by atoms with Crippen LogP contribution in [0.3, 0.4) is 0 Å². The summed E-state index contributed by atoms with van der Waals surface area (Å²) in [5, 5.41) is 9.07. The molecule has 2 saturated heterocycles. The molecule has 2 aliphatic heterocycles. The van der Waals surface area contributed by atoms with Crippen LogP contribution in [0, 0.1) is 5.92 Å². The number of fused-ring (bicyclic) bond motifs is 4. The molecule has 3 fully saturated rings. The van der Waals surface area contributed by atoms with Gasteiger partial charge in [0.25, 0.3) is 0 Å². The van der Waals surface area contributed by atoms with Crippen molar-refractivity contribution in [1.29, 1.82) is 0 Å². The van der Waals surface area contributed by atoms with E-state index < -0.39 is 0 Å². The Morgan fingerprint density at radius 2 is 2.17 bits per heavy atom. The van der Waals surface area contributed by atoms with E-state index in [0.29, 0.717) is 17.8 Å². The van der Waals surface area contributed by atoms with Gasteiger partial charge >= 0.3 is 0 Å². The fourth-order valence-electron chi connectivity index (χ4n) is 4.29. The first-order chi connectivity index (χ1) is 11.3. The number of aromatic nitrogens is 3. The molecule has 1 aromatic carbocycles. The summed E-state index contributed by atoms with van der Waals surface area (Å²) >= 11 is 0. The molecule has 1 N–H and O–H groups in total. The Labute approximate surface area is 134 Å². The van der Waals surface area contributed by atoms with Crippen LogP contribution in [0.5, 0.6) is 0 Å². The highest BCUT2D eigenvalue weighted by atomic mass is 16.5. The molecule has 2 aromatic heterocycles. The fraction of sp³-hybridized carbons (Fsp3) is 0.444. The van der Waals surface area contributed by atoms with Gasteiger partial charge in [0.2, 0.25) is 11.7 Å². The average Bonchev–Trinajstić information content (AvgIpc) is 3.21. The Morgan fingerprint density at radius 3 is 2.96 bits per heavy atom. The first kappa shape index (κ1) is 13.3. The summed E-state index contributed by atoms with van der Waals surface area (Å²) in [4.78, 5) is 4.76. The maximum absolute atomic E-state index is 5.66. The van der Waals surface area contributed by atoms with Crippen LogP contribution in [0.25, 0.3) is 22.3 Å². The van der Waals surface area contributed by atoms with Gasteiger partial charge in [-0.05, 0) is 37.8 Å². The lowest BCUT2D eigenvalue weighted by atomic mass is 9.74. The molecule has 5 heteroatoms. The number of nitrogens with one attached hydrogen (secondary N) is 1. The van der Waals surface area contributed by atoms with Gasteiger partial charge in [0.1, 0.15) is 0 Å². The number of rotatable bonds is 2. The molecule has 4 heterocycles. The summed E-state index contributed by atoms with van der Waals surface area (Å²) in [5.74, 6) is 2.64. The van der Waals surface area contributed by atoms with Crippen molar-refractivity contribution in [1.82, 2.24) is 20.0 Å². The molecular formula is C18H20N4O. The van der Waals surface area contributed by atoms with Crippen LogP contribution in [-0.2, 0) is 7.05 Å². The second-order valence-corrected chi connectivity index (χ2v) is 6.93. The van der Waals surface area contributed by atoms with Gasteiger partial charge in [-0.2, -0.15) is 4.98 Å². The van der Waals surface area contributed by atoms with E-state index in [9.17, 15) is 0 Å². The van der Waals surface area contributed by atoms with Gasteiger partial charge in [-0.25, -0.2) is 0 Å². The van der Waals surface area contributed by atoms with Crippen LogP contribution in [-0.4, -0.2) is 27.3 Å². The molecular weight excluding hydrogens is 288 g/mol. The predicted octanol–water partition coefficient (Wildman–Crippen LogP) is 3.08. The van der Waals surface area contributed by atoms with Gasteiger partial charge in [-0.15, -0.1) is 0 Å². The molecule has 2 bridgehead atoms. The first-order valence-corrected chi connectivity index (χ1v) is 8.41. The predicted molar refractivity (Wildman–Crippen MR) is 88.1 cm³/mol. The monoisotopic (exact) mass is 308 g/mol. The van der Waals surface area contributed by atoms with E-state index in [1.807, 2.05) is 0 Å². The highest BCUT2D eigenvalue weighted by Gasteiger charge is 2.39. The molecule has 1 saturated carbocycles. The van der Waals surface area contributed by atoms with E-state index in [1.54, 1.807) is 0 Å². The topological polar surface area (TPSA) is 55.9 Å². The summed E-state index contributed by atoms with van der Waals surface area (Å²) in [6, 6.07) is 8.84. The Balaban J connectivity index is 1.54. The van der Waals surface area contributed by atoms with Crippen molar-refractivity contribution in [3.63, 3.8) is 0 Å². The number of nitrogens with zero attached hydrogens (tertiary/aromatic N) is 3. The second kappa shape index (κ2) is 4.93. The molecule has 3 aromatic rings. The average molecular weight is 308 g/mol. The number of hydrogen-bond acceptors (Lipinski definition) is 4. The minimum Gasteiger partial charge on any atom is -0.350 e. The van der Waals surface area contributed by atoms with Gasteiger partial charge in [-0.1, -0.05) is 23.4 Å². The van der Waals surface area contributed by atoms with E-state index in [2.05, 4.69) is 52.6 Å². The van der Waals surface area contributed by atoms with E-state index >= 15 is 0 Å². The zero-order valence-electron chi connectivity index (χ0n) is 13.2. The molecule has 0 amide bonds. The lowest BCUT2D eigenvalue weighted by Crippen LogP contribution is -2.49. The highest BCUT2D eigenvalue weighted by Crippen LogP contribution is 2.40. The van der Waals surface area contributed by atoms with Crippen molar-refractivity contribution >= 4 is 10.9 Å². The Kier molecular flexibility index (Phi) is 2.85. The zero-order chi connectivity index (χ0) is 15.4. The molecule has 23 heavy (non-hydrogen) atoms. The van der Waals surface area contributed by atoms with E-state index in [-0.39, 0.29) is 0 Å². The van der Waals surface area contributed by atoms with Gasteiger partial charge in [0.05, 0.1) is 5.92 Å². The van der Waals surface area contributed by atoms with E-state index in [0.717, 1.165) is 23.9 Å². The molecule has 1 unspecified atom stereocenters.